The maximum absolute atomic E-state index is 12.1. The molecule has 0 bridgehead atoms. The Bertz CT molecular complexity index is 586. The molecule has 1 heterocycles. The van der Waals surface area contributed by atoms with E-state index in [9.17, 15) is 9.59 Å². The van der Waals surface area contributed by atoms with Crippen LogP contribution in [0.2, 0.25) is 5.02 Å². The molecule has 0 saturated carbocycles. The zero-order chi connectivity index (χ0) is 16.1. The van der Waals surface area contributed by atoms with Crippen molar-refractivity contribution in [2.75, 3.05) is 6.54 Å². The molecule has 0 unspecified atom stereocenters. The van der Waals surface area contributed by atoms with Crippen LogP contribution in [0, 0.1) is 0 Å². The molecule has 0 spiro atoms. The zero-order valence-electron chi connectivity index (χ0n) is 12.4. The van der Waals surface area contributed by atoms with E-state index in [4.69, 9.17) is 16.4 Å². The summed E-state index contributed by atoms with van der Waals surface area (Å²) < 4.78 is 0. The minimum absolute atomic E-state index is 0.229. The number of benzene rings is 1. The number of halogens is 1. The van der Waals surface area contributed by atoms with Crippen LogP contribution in [0.1, 0.15) is 25.8 Å². The number of nitrogens with one attached hydrogen (secondary N) is 2. The van der Waals surface area contributed by atoms with E-state index >= 15 is 0 Å². The van der Waals surface area contributed by atoms with Gasteiger partial charge in [-0.1, -0.05) is 28.9 Å². The molecule has 2 amide bonds. The third kappa shape index (κ3) is 3.98. The average Bonchev–Trinajstić information content (AvgIpc) is 2.98. The predicted molar refractivity (Wildman–Crippen MR) is 83.8 cm³/mol. The highest BCUT2D eigenvalue weighted by Gasteiger charge is 2.30. The van der Waals surface area contributed by atoms with Gasteiger partial charge in [-0.25, -0.2) is 0 Å². The van der Waals surface area contributed by atoms with E-state index in [0.29, 0.717) is 23.7 Å². The van der Waals surface area contributed by atoms with Crippen LogP contribution >= 0.6 is 11.6 Å². The molecule has 2 rings (SSSR count). The van der Waals surface area contributed by atoms with Gasteiger partial charge in [0.15, 0.2) is 0 Å². The van der Waals surface area contributed by atoms with Crippen molar-refractivity contribution in [1.82, 2.24) is 10.6 Å². The topological polar surface area (TPSA) is 79.8 Å². The van der Waals surface area contributed by atoms with Gasteiger partial charge in [0.25, 0.3) is 5.91 Å². The molecule has 1 aromatic carbocycles. The number of hydrogen-bond acceptors (Lipinski definition) is 4. The second-order valence-electron chi connectivity index (χ2n) is 4.97. The molecule has 0 saturated heterocycles. The van der Waals surface area contributed by atoms with Gasteiger partial charge in [-0.2, -0.15) is 0 Å². The Morgan fingerprint density at radius 1 is 1.41 bits per heavy atom. The lowest BCUT2D eigenvalue weighted by Gasteiger charge is -2.15. The van der Waals surface area contributed by atoms with E-state index in [0.717, 1.165) is 5.56 Å². The van der Waals surface area contributed by atoms with Gasteiger partial charge in [0.1, 0.15) is 6.04 Å². The van der Waals surface area contributed by atoms with Gasteiger partial charge in [-0.3, -0.25) is 9.59 Å². The standard InChI is InChI=1S/C15H18ClN3O3/c1-3-17-14(20)9(2)18-15(21)13-8-12(19-22-13)10-4-6-11(16)7-5-10/h4-7,9,13H,3,8H2,1-2H3,(H,17,20)(H,18,21)/t9-,13+/m0/s1. The fourth-order valence-corrected chi connectivity index (χ4v) is 2.16. The van der Waals surface area contributed by atoms with Gasteiger partial charge < -0.3 is 15.5 Å². The van der Waals surface area contributed by atoms with Crippen molar-refractivity contribution >= 4 is 29.1 Å². The van der Waals surface area contributed by atoms with Crippen molar-refractivity contribution in [2.24, 2.45) is 5.16 Å². The number of nitrogens with zero attached hydrogens (tertiary/aromatic N) is 1. The van der Waals surface area contributed by atoms with Gasteiger partial charge in [0.05, 0.1) is 5.71 Å². The van der Waals surface area contributed by atoms with Gasteiger partial charge in [-0.15, -0.1) is 0 Å². The SMILES string of the molecule is CCNC(=O)[C@H](C)NC(=O)[C@H]1CC(c2ccc(Cl)cc2)=NO1. The number of hydrogen-bond donors (Lipinski definition) is 2. The molecular weight excluding hydrogens is 306 g/mol. The Hall–Kier alpha value is -2.08. The van der Waals surface area contributed by atoms with Crippen molar-refractivity contribution in [2.45, 2.75) is 32.4 Å². The summed E-state index contributed by atoms with van der Waals surface area (Å²) in [4.78, 5) is 28.9. The predicted octanol–water partition coefficient (Wildman–Crippen LogP) is 1.47. The molecule has 0 aliphatic carbocycles. The molecule has 0 fully saturated rings. The maximum Gasteiger partial charge on any atom is 0.264 e. The Kier molecular flexibility index (Phi) is 5.38. The smallest absolute Gasteiger partial charge is 0.264 e. The van der Waals surface area contributed by atoms with Crippen molar-refractivity contribution in [3.8, 4) is 0 Å². The largest absolute Gasteiger partial charge is 0.382 e. The van der Waals surface area contributed by atoms with Crippen molar-refractivity contribution in [3.63, 3.8) is 0 Å². The summed E-state index contributed by atoms with van der Waals surface area (Å²) in [6.45, 7) is 3.96. The van der Waals surface area contributed by atoms with E-state index in [1.807, 2.05) is 19.1 Å². The van der Waals surface area contributed by atoms with Crippen molar-refractivity contribution in [3.05, 3.63) is 34.9 Å². The van der Waals surface area contributed by atoms with Gasteiger partial charge in [0.2, 0.25) is 12.0 Å². The van der Waals surface area contributed by atoms with Crippen molar-refractivity contribution < 1.29 is 14.4 Å². The summed E-state index contributed by atoms with van der Waals surface area (Å²) in [5.41, 5.74) is 1.54. The summed E-state index contributed by atoms with van der Waals surface area (Å²) in [6, 6.07) is 6.54. The highest BCUT2D eigenvalue weighted by atomic mass is 35.5. The normalized spacial score (nSPS) is 18.1. The molecule has 118 valence electrons. The van der Waals surface area contributed by atoms with Gasteiger partial charge in [0, 0.05) is 18.0 Å². The quantitative estimate of drug-likeness (QED) is 0.861. The number of carbonyl (C=O) groups excluding carboxylic acids is 2. The Labute approximate surface area is 133 Å². The molecule has 22 heavy (non-hydrogen) atoms. The second-order valence-corrected chi connectivity index (χ2v) is 5.40. The van der Waals surface area contributed by atoms with Crippen LogP contribution in [-0.4, -0.2) is 36.2 Å². The van der Waals surface area contributed by atoms with Gasteiger partial charge in [-0.05, 0) is 31.5 Å². The van der Waals surface area contributed by atoms with E-state index in [1.54, 1.807) is 19.1 Å². The number of likely N-dealkylation sites (N-methyl/N-ethyl adjacent to an activating group) is 1. The Morgan fingerprint density at radius 2 is 2.09 bits per heavy atom. The number of rotatable bonds is 5. The second kappa shape index (κ2) is 7.26. The molecule has 1 aliphatic rings. The van der Waals surface area contributed by atoms with Crippen LogP contribution < -0.4 is 10.6 Å². The number of oxime groups is 1. The minimum Gasteiger partial charge on any atom is -0.382 e. The summed E-state index contributed by atoms with van der Waals surface area (Å²) in [6.07, 6.45) is -0.363. The zero-order valence-corrected chi connectivity index (χ0v) is 13.2. The van der Waals surface area contributed by atoms with Crippen LogP contribution in [0.15, 0.2) is 29.4 Å². The summed E-state index contributed by atoms with van der Waals surface area (Å²) >= 11 is 5.84. The molecule has 0 aromatic heterocycles. The Balaban J connectivity index is 1.90. The third-order valence-electron chi connectivity index (χ3n) is 3.24. The molecule has 1 aromatic rings. The number of amides is 2. The van der Waals surface area contributed by atoms with Crippen LogP contribution in [0.5, 0.6) is 0 Å². The molecule has 1 aliphatic heterocycles. The third-order valence-corrected chi connectivity index (χ3v) is 3.49. The van der Waals surface area contributed by atoms with E-state index in [2.05, 4.69) is 15.8 Å². The fourth-order valence-electron chi connectivity index (χ4n) is 2.03. The van der Waals surface area contributed by atoms with Crippen LogP contribution in [0.3, 0.4) is 0 Å². The lowest BCUT2D eigenvalue weighted by Crippen LogP contribution is -2.48. The lowest BCUT2D eigenvalue weighted by molar-refractivity contribution is -0.135. The van der Waals surface area contributed by atoms with Crippen LogP contribution in [-0.2, 0) is 14.4 Å². The number of carbonyl (C=O) groups is 2. The molecular formula is C15H18ClN3O3. The molecule has 2 N–H and O–H groups in total. The highest BCUT2D eigenvalue weighted by Crippen LogP contribution is 2.18. The first-order valence-electron chi connectivity index (χ1n) is 7.08. The monoisotopic (exact) mass is 323 g/mol. The van der Waals surface area contributed by atoms with E-state index in [1.165, 1.54) is 0 Å². The van der Waals surface area contributed by atoms with E-state index in [-0.39, 0.29) is 11.8 Å². The Morgan fingerprint density at radius 3 is 2.73 bits per heavy atom. The maximum atomic E-state index is 12.1. The lowest BCUT2D eigenvalue weighted by atomic mass is 10.0. The summed E-state index contributed by atoms with van der Waals surface area (Å²) in [5.74, 6) is -0.584. The summed E-state index contributed by atoms with van der Waals surface area (Å²) in [5, 5.41) is 9.83. The molecule has 2 atom stereocenters. The van der Waals surface area contributed by atoms with Crippen molar-refractivity contribution in [1.29, 1.82) is 0 Å². The summed E-state index contributed by atoms with van der Waals surface area (Å²) in [7, 11) is 0. The molecule has 0 radical (unpaired) electrons. The molecule has 6 nitrogen and oxygen atoms in total. The highest BCUT2D eigenvalue weighted by molar-refractivity contribution is 6.30. The molecule has 7 heteroatoms. The van der Waals surface area contributed by atoms with Crippen LogP contribution in [0.4, 0.5) is 0 Å². The fraction of sp³-hybridized carbons (Fsp3) is 0.400. The first-order chi connectivity index (χ1) is 10.5. The first kappa shape index (κ1) is 16.3. The van der Waals surface area contributed by atoms with E-state index < -0.39 is 12.1 Å². The minimum atomic E-state index is -0.720. The van der Waals surface area contributed by atoms with Crippen LogP contribution in [0.25, 0.3) is 0 Å². The van der Waals surface area contributed by atoms with Gasteiger partial charge >= 0.3 is 0 Å². The average molecular weight is 324 g/mol. The first-order valence-corrected chi connectivity index (χ1v) is 7.45.